The van der Waals surface area contributed by atoms with Gasteiger partial charge in [-0.2, -0.15) is 0 Å². The van der Waals surface area contributed by atoms with E-state index in [0.29, 0.717) is 19.1 Å². The summed E-state index contributed by atoms with van der Waals surface area (Å²) in [6.07, 6.45) is 7.77. The van der Waals surface area contributed by atoms with Crippen molar-refractivity contribution in [1.82, 2.24) is 0 Å². The van der Waals surface area contributed by atoms with Crippen LogP contribution in [0.3, 0.4) is 0 Å². The Morgan fingerprint density at radius 2 is 1.67 bits per heavy atom. The first-order valence-corrected chi connectivity index (χ1v) is 17.3. The minimum Gasteiger partial charge on any atom is -0.462 e. The zero-order valence-electron chi connectivity index (χ0n) is 24.2. The van der Waals surface area contributed by atoms with Crippen molar-refractivity contribution >= 4 is 14.3 Å². The van der Waals surface area contributed by atoms with Crippen molar-refractivity contribution in [3.63, 3.8) is 0 Å². The highest BCUT2D eigenvalue weighted by molar-refractivity contribution is 6.74. The van der Waals surface area contributed by atoms with Crippen molar-refractivity contribution in [3.05, 3.63) is 0 Å². The van der Waals surface area contributed by atoms with Crippen LogP contribution in [0.25, 0.3) is 0 Å². The lowest BCUT2D eigenvalue weighted by molar-refractivity contribution is -0.252. The number of aliphatic hydroxyl groups is 1. The molecule has 0 amide bonds. The first-order valence-electron chi connectivity index (χ1n) is 14.4. The second-order valence-electron chi connectivity index (χ2n) is 14.2. The topological polar surface area (TPSA) is 74.2 Å². The van der Waals surface area contributed by atoms with E-state index in [1.807, 2.05) is 0 Å². The van der Waals surface area contributed by atoms with Crippen molar-refractivity contribution in [1.29, 1.82) is 0 Å². The second kappa shape index (κ2) is 9.93. The van der Waals surface area contributed by atoms with E-state index in [1.165, 1.54) is 0 Å². The maximum atomic E-state index is 12.4. The van der Waals surface area contributed by atoms with Crippen LogP contribution in [-0.2, 0) is 23.4 Å². The summed E-state index contributed by atoms with van der Waals surface area (Å²) in [6, 6.07) is 0. The molecule has 0 unspecified atom stereocenters. The minimum atomic E-state index is -1.87. The van der Waals surface area contributed by atoms with E-state index in [4.69, 9.17) is 18.6 Å². The lowest BCUT2D eigenvalue weighted by Crippen LogP contribution is -2.58. The predicted molar refractivity (Wildman–Crippen MR) is 143 cm³/mol. The first kappa shape index (κ1) is 28.5. The van der Waals surface area contributed by atoms with Gasteiger partial charge in [0.1, 0.15) is 6.10 Å². The van der Waals surface area contributed by atoms with Crippen LogP contribution in [0, 0.1) is 28.6 Å². The Bertz CT molecular complexity index is 802. The molecule has 6 nitrogen and oxygen atoms in total. The molecule has 4 aliphatic rings. The summed E-state index contributed by atoms with van der Waals surface area (Å²) in [6.45, 7) is 19.3. The smallest absolute Gasteiger partial charge is 0.302 e. The average Bonchev–Trinajstić information content (AvgIpc) is 3.36. The van der Waals surface area contributed by atoms with E-state index in [1.54, 1.807) is 6.92 Å². The molecule has 7 atom stereocenters. The first-order chi connectivity index (χ1) is 16.7. The quantitative estimate of drug-likeness (QED) is 0.336. The number of carbonyl (C=O) groups is 1. The molecule has 7 heteroatoms. The second-order valence-corrected chi connectivity index (χ2v) is 19.0. The van der Waals surface area contributed by atoms with E-state index in [0.717, 1.165) is 51.4 Å². The van der Waals surface area contributed by atoms with Gasteiger partial charge in [0.25, 0.3) is 0 Å². The molecule has 0 aromatic heterocycles. The number of carbonyl (C=O) groups excluding carboxylic acids is 1. The third kappa shape index (κ3) is 4.74. The zero-order valence-corrected chi connectivity index (χ0v) is 25.2. The van der Waals surface area contributed by atoms with Crippen molar-refractivity contribution in [2.45, 2.75) is 129 Å². The number of fused-ring (bicyclic) bond motifs is 2. The van der Waals surface area contributed by atoms with Gasteiger partial charge in [-0.05, 0) is 74.4 Å². The Morgan fingerprint density at radius 1 is 1.03 bits per heavy atom. The number of hydrogen-bond acceptors (Lipinski definition) is 6. The van der Waals surface area contributed by atoms with E-state index in [2.05, 4.69) is 47.7 Å². The molecule has 1 N–H and O–H groups in total. The average molecular weight is 525 g/mol. The molecule has 0 bridgehead atoms. The van der Waals surface area contributed by atoms with E-state index in [9.17, 15) is 9.90 Å². The Kier molecular flexibility index (Phi) is 7.87. The number of hydrogen-bond donors (Lipinski definition) is 1. The van der Waals surface area contributed by atoms with Crippen LogP contribution in [0.5, 0.6) is 0 Å². The van der Waals surface area contributed by atoms with Gasteiger partial charge < -0.3 is 23.7 Å². The Labute approximate surface area is 220 Å². The van der Waals surface area contributed by atoms with Gasteiger partial charge >= 0.3 is 5.97 Å². The van der Waals surface area contributed by atoms with E-state index < -0.39 is 14.1 Å². The largest absolute Gasteiger partial charge is 0.462 e. The predicted octanol–water partition coefficient (Wildman–Crippen LogP) is 6.07. The van der Waals surface area contributed by atoms with E-state index in [-0.39, 0.29) is 52.5 Å². The minimum absolute atomic E-state index is 0.00931. The molecule has 1 spiro atoms. The summed E-state index contributed by atoms with van der Waals surface area (Å²) >= 11 is 0. The van der Waals surface area contributed by atoms with Gasteiger partial charge in [-0.25, -0.2) is 0 Å². The van der Waals surface area contributed by atoms with Gasteiger partial charge in [-0.1, -0.05) is 34.6 Å². The molecule has 1 aliphatic heterocycles. The fourth-order valence-electron chi connectivity index (χ4n) is 8.20. The number of ether oxygens (including phenoxy) is 3. The van der Waals surface area contributed by atoms with Gasteiger partial charge in [-0.3, -0.25) is 4.79 Å². The number of aliphatic hydroxyl groups excluding tert-OH is 1. The highest BCUT2D eigenvalue weighted by atomic mass is 28.4. The van der Waals surface area contributed by atoms with Crippen LogP contribution in [0.15, 0.2) is 0 Å². The molecule has 0 aromatic carbocycles. The molecule has 3 saturated carbocycles. The van der Waals surface area contributed by atoms with Crippen LogP contribution in [0.2, 0.25) is 18.1 Å². The maximum absolute atomic E-state index is 12.4. The normalized spacial score (nSPS) is 40.9. The fraction of sp³-hybridized carbons (Fsp3) is 0.966. The lowest BCUT2D eigenvalue weighted by atomic mass is 9.51. The van der Waals surface area contributed by atoms with Crippen LogP contribution < -0.4 is 0 Å². The Hall–Kier alpha value is -0.473. The van der Waals surface area contributed by atoms with Crippen molar-refractivity contribution < 1.29 is 28.5 Å². The summed E-state index contributed by atoms with van der Waals surface area (Å²) < 4.78 is 25.7. The molecule has 1 saturated heterocycles. The molecule has 36 heavy (non-hydrogen) atoms. The Morgan fingerprint density at radius 3 is 2.25 bits per heavy atom. The van der Waals surface area contributed by atoms with Gasteiger partial charge in [0.15, 0.2) is 14.1 Å². The van der Waals surface area contributed by atoms with Crippen LogP contribution >= 0.6 is 0 Å². The van der Waals surface area contributed by atoms with Gasteiger partial charge in [0.2, 0.25) is 0 Å². The van der Waals surface area contributed by atoms with Crippen LogP contribution in [-0.4, -0.2) is 57.2 Å². The third-order valence-corrected chi connectivity index (χ3v) is 15.9. The summed E-state index contributed by atoms with van der Waals surface area (Å²) in [5.41, 5.74) is -0.157. The highest BCUT2D eigenvalue weighted by Gasteiger charge is 2.67. The highest BCUT2D eigenvalue weighted by Crippen LogP contribution is 2.65. The van der Waals surface area contributed by atoms with E-state index >= 15 is 0 Å². The van der Waals surface area contributed by atoms with Gasteiger partial charge in [-0.15, -0.1) is 0 Å². The molecule has 4 fully saturated rings. The molecular weight excluding hydrogens is 472 g/mol. The van der Waals surface area contributed by atoms with Gasteiger partial charge in [0, 0.05) is 43.3 Å². The summed E-state index contributed by atoms with van der Waals surface area (Å²) in [4.78, 5) is 12.4. The monoisotopic (exact) mass is 524 g/mol. The molecule has 208 valence electrons. The van der Waals surface area contributed by atoms with Crippen LogP contribution in [0.1, 0.15) is 92.9 Å². The van der Waals surface area contributed by atoms with Crippen molar-refractivity contribution in [2.75, 3.05) is 19.8 Å². The molecule has 3 aliphatic carbocycles. The Balaban J connectivity index is 1.59. The molecular formula is C29H52O6Si. The fourth-order valence-corrected chi connectivity index (χ4v) is 9.60. The summed E-state index contributed by atoms with van der Waals surface area (Å²) in [5, 5.41) is 10.3. The molecule has 4 rings (SSSR count). The summed E-state index contributed by atoms with van der Waals surface area (Å²) in [5.74, 6) is 0.113. The number of rotatable bonds is 6. The maximum Gasteiger partial charge on any atom is 0.302 e. The SMILES string of the molecule is CC(=O)O[C@@H]1[C@@H]([C@@]2(C)CC[C@H](O[Si](C)(C)C(C)(C)C)C[C@@H]2CCO)CC[C@@]2(C)[C@H]1CCC21OCCO1. The third-order valence-electron chi connectivity index (χ3n) is 11.4. The molecule has 0 radical (unpaired) electrons. The number of esters is 1. The molecule has 0 aromatic rings. The molecule has 1 heterocycles. The standard InChI is InChI=1S/C29H52O6Si/c1-20(31)34-25-23(10-14-28(6)24(25)11-15-29(28)32-17-18-33-29)27(5)13-9-22(19-21(27)12-16-30)35-36(7,8)26(2,3)4/h21-25,30H,9-19H2,1-8H3/t21-,22-,23-,24-,25+,27-,28-/m0/s1. The van der Waals surface area contributed by atoms with Gasteiger partial charge in [0.05, 0.1) is 13.2 Å². The summed E-state index contributed by atoms with van der Waals surface area (Å²) in [7, 11) is -1.87. The van der Waals surface area contributed by atoms with Crippen molar-refractivity contribution in [2.24, 2.45) is 28.6 Å². The van der Waals surface area contributed by atoms with Crippen molar-refractivity contribution in [3.8, 4) is 0 Å². The zero-order chi connectivity index (χ0) is 26.6. The lowest BCUT2D eigenvalue weighted by Gasteiger charge is -2.58. The van der Waals surface area contributed by atoms with Crippen LogP contribution in [0.4, 0.5) is 0 Å².